The van der Waals surface area contributed by atoms with E-state index in [1.807, 2.05) is 0 Å². The SMILES string of the molecule is CCOC(=O)c1nnnn1CC(=O)NNC(=O)[C@@H]1CCC2CN1C(=O)N2. The predicted molar refractivity (Wildman–Crippen MR) is 82.1 cm³/mol. The molecule has 0 spiro atoms. The molecule has 13 nitrogen and oxygen atoms in total. The van der Waals surface area contributed by atoms with Crippen LogP contribution >= 0.6 is 0 Å². The normalized spacial score (nSPS) is 21.1. The molecule has 1 unspecified atom stereocenters. The third-order valence-electron chi connectivity index (χ3n) is 4.08. The predicted octanol–water partition coefficient (Wildman–Crippen LogP) is -2.45. The maximum Gasteiger partial charge on any atom is 0.378 e. The third kappa shape index (κ3) is 3.55. The smallest absolute Gasteiger partial charge is 0.378 e. The molecule has 1 aromatic heterocycles. The summed E-state index contributed by atoms with van der Waals surface area (Å²) in [6.07, 6.45) is 1.20. The molecule has 2 aliphatic rings. The molecule has 0 aromatic carbocycles. The molecular formula is C13H18N8O5. The quantitative estimate of drug-likeness (QED) is 0.382. The van der Waals surface area contributed by atoms with E-state index in [2.05, 4.69) is 31.7 Å². The van der Waals surface area contributed by atoms with E-state index in [1.54, 1.807) is 6.92 Å². The molecule has 2 atom stereocenters. The lowest BCUT2D eigenvalue weighted by Gasteiger charge is -2.29. The van der Waals surface area contributed by atoms with Gasteiger partial charge in [0.1, 0.15) is 12.6 Å². The monoisotopic (exact) mass is 366 g/mol. The molecule has 0 saturated carbocycles. The van der Waals surface area contributed by atoms with Crippen molar-refractivity contribution >= 4 is 23.8 Å². The molecule has 2 fully saturated rings. The number of tetrazole rings is 1. The van der Waals surface area contributed by atoms with Crippen LogP contribution in [0.5, 0.6) is 0 Å². The summed E-state index contributed by atoms with van der Waals surface area (Å²) in [7, 11) is 0. The van der Waals surface area contributed by atoms with Gasteiger partial charge in [-0.25, -0.2) is 14.3 Å². The van der Waals surface area contributed by atoms with Crippen molar-refractivity contribution in [2.24, 2.45) is 0 Å². The molecule has 1 aromatic rings. The van der Waals surface area contributed by atoms with Gasteiger partial charge in [-0.15, -0.1) is 5.10 Å². The minimum atomic E-state index is -0.758. The number of carbonyl (C=O) groups excluding carboxylic acids is 4. The van der Waals surface area contributed by atoms with E-state index < -0.39 is 30.4 Å². The van der Waals surface area contributed by atoms with Crippen LogP contribution in [0, 0.1) is 0 Å². The van der Waals surface area contributed by atoms with Crippen molar-refractivity contribution in [2.75, 3.05) is 13.2 Å². The molecule has 3 heterocycles. The van der Waals surface area contributed by atoms with Gasteiger partial charge in [-0.05, 0) is 30.2 Å². The van der Waals surface area contributed by atoms with E-state index >= 15 is 0 Å². The summed E-state index contributed by atoms with van der Waals surface area (Å²) in [6, 6.07) is -0.855. The standard InChI is InChI=1S/C13H18N8O5/c1-2-26-12(24)10-16-18-19-21(10)6-9(22)15-17-11(23)8-4-3-7-5-20(8)13(25)14-7/h7-8H,2-6H2,1H3,(H,14,25)(H,15,22)(H,17,23)/t7?,8-/m0/s1. The molecule has 2 bridgehead atoms. The molecule has 26 heavy (non-hydrogen) atoms. The summed E-state index contributed by atoms with van der Waals surface area (Å²) in [4.78, 5) is 49.0. The Morgan fingerprint density at radius 1 is 1.31 bits per heavy atom. The number of carbonyl (C=O) groups is 4. The number of ether oxygens (including phenoxy) is 1. The van der Waals surface area contributed by atoms with Gasteiger partial charge in [0.2, 0.25) is 0 Å². The lowest BCUT2D eigenvalue weighted by atomic mass is 10.0. The summed E-state index contributed by atoms with van der Waals surface area (Å²) in [6.45, 7) is 1.85. The maximum absolute atomic E-state index is 12.2. The number of amides is 4. The average molecular weight is 366 g/mol. The Kier molecular flexibility index (Phi) is 4.95. The molecule has 0 radical (unpaired) electrons. The number of hydrogen-bond donors (Lipinski definition) is 3. The molecule has 140 valence electrons. The van der Waals surface area contributed by atoms with Crippen molar-refractivity contribution in [3.63, 3.8) is 0 Å². The van der Waals surface area contributed by atoms with Crippen molar-refractivity contribution in [2.45, 2.75) is 38.4 Å². The minimum absolute atomic E-state index is 0.0715. The first kappa shape index (κ1) is 17.6. The lowest BCUT2D eigenvalue weighted by molar-refractivity contribution is -0.132. The number of piperidine rings is 1. The molecule has 3 rings (SSSR count). The van der Waals surface area contributed by atoms with Crippen LogP contribution in [0.4, 0.5) is 4.79 Å². The molecule has 2 saturated heterocycles. The highest BCUT2D eigenvalue weighted by atomic mass is 16.5. The van der Waals surface area contributed by atoms with Crippen LogP contribution in [0.25, 0.3) is 0 Å². The number of nitrogens with one attached hydrogen (secondary N) is 3. The Morgan fingerprint density at radius 3 is 2.88 bits per heavy atom. The number of rotatable bonds is 5. The van der Waals surface area contributed by atoms with E-state index in [9.17, 15) is 19.2 Å². The number of aromatic nitrogens is 4. The highest BCUT2D eigenvalue weighted by Gasteiger charge is 2.41. The summed E-state index contributed by atoms with van der Waals surface area (Å²) < 4.78 is 5.73. The number of urea groups is 1. The third-order valence-corrected chi connectivity index (χ3v) is 4.08. The van der Waals surface area contributed by atoms with Gasteiger partial charge in [0, 0.05) is 12.6 Å². The van der Waals surface area contributed by atoms with Crippen LogP contribution in [0.1, 0.15) is 30.4 Å². The maximum atomic E-state index is 12.2. The van der Waals surface area contributed by atoms with Gasteiger partial charge in [-0.3, -0.25) is 20.4 Å². The van der Waals surface area contributed by atoms with Gasteiger partial charge in [0.05, 0.1) is 6.61 Å². The Morgan fingerprint density at radius 2 is 2.12 bits per heavy atom. The Hall–Kier alpha value is -3.25. The van der Waals surface area contributed by atoms with Crippen molar-refractivity contribution < 1.29 is 23.9 Å². The van der Waals surface area contributed by atoms with Gasteiger partial charge in [0.25, 0.3) is 17.6 Å². The van der Waals surface area contributed by atoms with E-state index in [0.717, 1.165) is 4.68 Å². The van der Waals surface area contributed by atoms with Crippen LogP contribution in [-0.4, -0.2) is 74.2 Å². The van der Waals surface area contributed by atoms with E-state index in [1.165, 1.54) is 4.90 Å². The second-order valence-electron chi connectivity index (χ2n) is 5.81. The van der Waals surface area contributed by atoms with Crippen molar-refractivity contribution in [3.8, 4) is 0 Å². The highest BCUT2D eigenvalue weighted by Crippen LogP contribution is 2.22. The van der Waals surface area contributed by atoms with Crippen LogP contribution < -0.4 is 16.2 Å². The second kappa shape index (κ2) is 7.33. The molecular weight excluding hydrogens is 348 g/mol. The fourth-order valence-electron chi connectivity index (χ4n) is 2.89. The van der Waals surface area contributed by atoms with E-state index in [-0.39, 0.29) is 24.5 Å². The molecule has 13 heteroatoms. The Bertz CT molecular complexity index is 734. The van der Waals surface area contributed by atoms with Crippen molar-refractivity contribution in [1.29, 1.82) is 0 Å². The zero-order valence-corrected chi connectivity index (χ0v) is 14.0. The summed E-state index contributed by atoms with van der Waals surface area (Å²) in [5.41, 5.74) is 4.51. The van der Waals surface area contributed by atoms with Crippen LogP contribution in [-0.2, 0) is 20.9 Å². The first-order valence-electron chi connectivity index (χ1n) is 8.08. The molecule has 3 N–H and O–H groups in total. The van der Waals surface area contributed by atoms with Gasteiger partial charge in [-0.1, -0.05) is 0 Å². The van der Waals surface area contributed by atoms with E-state index in [4.69, 9.17) is 4.74 Å². The summed E-state index contributed by atoms with van der Waals surface area (Å²) in [5.74, 6) is -2.11. The minimum Gasteiger partial charge on any atom is -0.460 e. The van der Waals surface area contributed by atoms with Crippen LogP contribution in [0.2, 0.25) is 0 Å². The zero-order chi connectivity index (χ0) is 18.7. The number of nitrogens with zero attached hydrogens (tertiary/aromatic N) is 5. The van der Waals surface area contributed by atoms with Crippen molar-refractivity contribution in [1.82, 2.24) is 41.3 Å². The van der Waals surface area contributed by atoms with E-state index in [0.29, 0.717) is 19.4 Å². The second-order valence-corrected chi connectivity index (χ2v) is 5.81. The largest absolute Gasteiger partial charge is 0.460 e. The van der Waals surface area contributed by atoms with Crippen molar-refractivity contribution in [3.05, 3.63) is 5.82 Å². The van der Waals surface area contributed by atoms with Gasteiger partial charge < -0.3 is 15.0 Å². The van der Waals surface area contributed by atoms with Gasteiger partial charge >= 0.3 is 12.0 Å². The topological polar surface area (TPSA) is 160 Å². The highest BCUT2D eigenvalue weighted by molar-refractivity contribution is 5.90. The molecule has 2 aliphatic heterocycles. The number of esters is 1. The Balaban J connectivity index is 1.52. The molecule has 0 aliphatic carbocycles. The number of hydrogen-bond acceptors (Lipinski definition) is 8. The van der Waals surface area contributed by atoms with Gasteiger partial charge in [-0.2, -0.15) is 0 Å². The number of hydrazine groups is 1. The lowest BCUT2D eigenvalue weighted by Crippen LogP contribution is -2.54. The number of fused-ring (bicyclic) bond motifs is 2. The van der Waals surface area contributed by atoms with Crippen LogP contribution in [0.15, 0.2) is 0 Å². The zero-order valence-electron chi connectivity index (χ0n) is 14.0. The first-order chi connectivity index (χ1) is 12.5. The fourth-order valence-corrected chi connectivity index (χ4v) is 2.89. The average Bonchev–Trinajstić information content (AvgIpc) is 3.18. The summed E-state index contributed by atoms with van der Waals surface area (Å²) >= 11 is 0. The van der Waals surface area contributed by atoms with Gasteiger partial charge in [0.15, 0.2) is 0 Å². The first-order valence-corrected chi connectivity index (χ1v) is 8.08. The van der Waals surface area contributed by atoms with Crippen LogP contribution in [0.3, 0.4) is 0 Å². The summed E-state index contributed by atoms with van der Waals surface area (Å²) in [5, 5.41) is 13.1. The Labute approximate surface area is 147 Å². The molecule has 4 amide bonds. The fraction of sp³-hybridized carbons (Fsp3) is 0.615.